The second-order valence-corrected chi connectivity index (χ2v) is 13.0. The van der Waals surface area contributed by atoms with E-state index in [4.69, 9.17) is 10.5 Å². The number of nitrogens with one attached hydrogen (secondary N) is 1. The van der Waals surface area contributed by atoms with Crippen LogP contribution >= 0.6 is 0 Å². The Kier molecular flexibility index (Phi) is 9.08. The summed E-state index contributed by atoms with van der Waals surface area (Å²) in [6.45, 7) is 11.0. The smallest absolute Gasteiger partial charge is 0.254 e. The van der Waals surface area contributed by atoms with Crippen molar-refractivity contribution in [3.8, 4) is 0 Å². The van der Waals surface area contributed by atoms with Crippen LogP contribution < -0.4 is 19.8 Å². The SMILES string of the molecule is CCN(c1cc(C(=O)N2CCN(c3ccccc3S(N)(=O)=O)CC2)c(C)cc1C)C1CCN(c2ccccc2C=N)CC1. The van der Waals surface area contributed by atoms with Gasteiger partial charge in [-0.05, 0) is 69.0 Å². The van der Waals surface area contributed by atoms with Gasteiger partial charge in [-0.2, -0.15) is 0 Å². The fourth-order valence-corrected chi connectivity index (χ4v) is 7.36. The highest BCUT2D eigenvalue weighted by atomic mass is 32.2. The van der Waals surface area contributed by atoms with E-state index in [2.05, 4.69) is 41.8 Å². The molecule has 228 valence electrons. The zero-order valence-electron chi connectivity index (χ0n) is 25.3. The second kappa shape index (κ2) is 12.8. The Labute approximate surface area is 255 Å². The number of rotatable bonds is 8. The molecule has 3 N–H and O–H groups in total. The molecule has 2 heterocycles. The van der Waals surface area contributed by atoms with Gasteiger partial charge in [-0.15, -0.1) is 0 Å². The van der Waals surface area contributed by atoms with E-state index in [1.54, 1.807) is 18.2 Å². The molecule has 5 rings (SSSR count). The highest BCUT2D eigenvalue weighted by molar-refractivity contribution is 7.89. The van der Waals surface area contributed by atoms with E-state index in [9.17, 15) is 13.2 Å². The Morgan fingerprint density at radius 2 is 1.51 bits per heavy atom. The van der Waals surface area contributed by atoms with E-state index in [0.29, 0.717) is 37.9 Å². The van der Waals surface area contributed by atoms with Crippen LogP contribution in [0.2, 0.25) is 0 Å². The van der Waals surface area contributed by atoms with Crippen molar-refractivity contribution in [1.29, 1.82) is 5.41 Å². The molecule has 0 saturated carbocycles. The maximum atomic E-state index is 13.8. The van der Waals surface area contributed by atoms with E-state index in [0.717, 1.165) is 66.1 Å². The first-order valence-corrected chi connectivity index (χ1v) is 16.6. The summed E-state index contributed by atoms with van der Waals surface area (Å²) in [6, 6.07) is 19.4. The molecule has 2 fully saturated rings. The van der Waals surface area contributed by atoms with Crippen molar-refractivity contribution in [1.82, 2.24) is 4.90 Å². The molecule has 0 bridgehead atoms. The van der Waals surface area contributed by atoms with Gasteiger partial charge in [0.25, 0.3) is 5.91 Å². The molecule has 2 aliphatic rings. The third-order valence-electron chi connectivity index (χ3n) is 8.84. The maximum Gasteiger partial charge on any atom is 0.254 e. The van der Waals surface area contributed by atoms with Crippen molar-refractivity contribution < 1.29 is 13.2 Å². The number of piperazine rings is 1. The van der Waals surface area contributed by atoms with E-state index in [1.807, 2.05) is 34.9 Å². The normalized spacial score (nSPS) is 16.3. The summed E-state index contributed by atoms with van der Waals surface area (Å²) in [5.41, 5.74) is 6.59. The molecule has 0 unspecified atom stereocenters. The summed E-state index contributed by atoms with van der Waals surface area (Å²) in [5.74, 6) is 0.00672. The maximum absolute atomic E-state index is 13.8. The van der Waals surface area contributed by atoms with Crippen molar-refractivity contribution in [3.05, 3.63) is 82.9 Å². The van der Waals surface area contributed by atoms with E-state index < -0.39 is 10.0 Å². The zero-order valence-corrected chi connectivity index (χ0v) is 26.1. The van der Waals surface area contributed by atoms with Gasteiger partial charge < -0.3 is 25.0 Å². The number of sulfonamides is 1. The van der Waals surface area contributed by atoms with Crippen LogP contribution in [-0.4, -0.2) is 77.3 Å². The number of hydrogen-bond donors (Lipinski definition) is 2. The third kappa shape index (κ3) is 6.40. The number of piperidine rings is 1. The zero-order chi connectivity index (χ0) is 30.7. The van der Waals surface area contributed by atoms with Crippen LogP contribution in [0, 0.1) is 19.3 Å². The number of primary sulfonamides is 1. The Balaban J connectivity index is 1.30. The topological polar surface area (TPSA) is 114 Å². The predicted octanol–water partition coefficient (Wildman–Crippen LogP) is 4.41. The van der Waals surface area contributed by atoms with Gasteiger partial charge in [0.05, 0.1) is 5.69 Å². The van der Waals surface area contributed by atoms with E-state index >= 15 is 0 Å². The van der Waals surface area contributed by atoms with Crippen molar-refractivity contribution in [2.45, 2.75) is 44.6 Å². The number of hydrogen-bond acceptors (Lipinski definition) is 7. The van der Waals surface area contributed by atoms with Crippen LogP contribution in [0.4, 0.5) is 17.1 Å². The number of aryl methyl sites for hydroxylation is 2. The molecule has 0 aliphatic carbocycles. The summed E-state index contributed by atoms with van der Waals surface area (Å²) >= 11 is 0. The van der Waals surface area contributed by atoms with Crippen LogP contribution in [0.5, 0.6) is 0 Å². The van der Waals surface area contributed by atoms with Gasteiger partial charge in [-0.25, -0.2) is 13.6 Å². The number of anilines is 3. The average molecular weight is 603 g/mol. The summed E-state index contributed by atoms with van der Waals surface area (Å²) in [5, 5.41) is 13.2. The lowest BCUT2D eigenvalue weighted by molar-refractivity contribution is 0.0746. The molecule has 43 heavy (non-hydrogen) atoms. The molecule has 2 aliphatic heterocycles. The minimum atomic E-state index is -3.85. The number of para-hydroxylation sites is 2. The van der Waals surface area contributed by atoms with E-state index in [1.165, 1.54) is 12.3 Å². The minimum Gasteiger partial charge on any atom is -0.371 e. The number of benzene rings is 3. The summed E-state index contributed by atoms with van der Waals surface area (Å²) in [7, 11) is -3.85. The Bertz CT molecular complexity index is 1590. The van der Waals surface area contributed by atoms with Gasteiger partial charge in [0, 0.05) is 80.6 Å². The molecule has 0 atom stereocenters. The molecule has 9 nitrogen and oxygen atoms in total. The lowest BCUT2D eigenvalue weighted by Crippen LogP contribution is -2.49. The molecule has 0 aromatic heterocycles. The van der Waals surface area contributed by atoms with Gasteiger partial charge in [-0.3, -0.25) is 4.79 Å². The van der Waals surface area contributed by atoms with Crippen LogP contribution in [0.1, 0.15) is 46.8 Å². The largest absolute Gasteiger partial charge is 0.371 e. The van der Waals surface area contributed by atoms with Gasteiger partial charge in [0.1, 0.15) is 4.90 Å². The van der Waals surface area contributed by atoms with Crippen molar-refractivity contribution in [2.24, 2.45) is 5.14 Å². The summed E-state index contributed by atoms with van der Waals surface area (Å²) < 4.78 is 24.2. The minimum absolute atomic E-state index is 0.00672. The van der Waals surface area contributed by atoms with Gasteiger partial charge >= 0.3 is 0 Å². The molecule has 3 aromatic rings. The molecule has 0 radical (unpaired) electrons. The first-order valence-electron chi connectivity index (χ1n) is 15.0. The lowest BCUT2D eigenvalue weighted by Gasteiger charge is -2.41. The lowest BCUT2D eigenvalue weighted by atomic mass is 9.97. The van der Waals surface area contributed by atoms with Crippen molar-refractivity contribution in [2.75, 3.05) is 60.5 Å². The van der Waals surface area contributed by atoms with Gasteiger partial charge in [0.15, 0.2) is 0 Å². The Morgan fingerprint density at radius 1 is 0.907 bits per heavy atom. The highest BCUT2D eigenvalue weighted by Gasteiger charge is 2.29. The first kappa shape index (κ1) is 30.6. The van der Waals surface area contributed by atoms with E-state index in [-0.39, 0.29) is 10.8 Å². The monoisotopic (exact) mass is 602 g/mol. The van der Waals surface area contributed by atoms with Crippen LogP contribution in [0.15, 0.2) is 65.6 Å². The van der Waals surface area contributed by atoms with Crippen LogP contribution in [0.3, 0.4) is 0 Å². The second-order valence-electron chi connectivity index (χ2n) is 11.5. The van der Waals surface area contributed by atoms with Gasteiger partial charge in [-0.1, -0.05) is 36.4 Å². The standard InChI is InChI=1S/C33H42N6O3S/c1-4-39(27-13-15-36(16-14-27)29-10-6-5-9-26(29)23-34)31-22-28(24(2)21-25(31)3)33(40)38-19-17-37(18-20-38)30-11-7-8-12-32(30)43(35,41)42/h5-12,21-23,27,34H,4,13-20H2,1-3H3,(H2,35,41,42). The van der Waals surface area contributed by atoms with Crippen LogP contribution in [0.25, 0.3) is 0 Å². The fraction of sp³-hybridized carbons (Fsp3) is 0.394. The molecule has 2 saturated heterocycles. The summed E-state index contributed by atoms with van der Waals surface area (Å²) in [6.07, 6.45) is 3.43. The molecule has 10 heteroatoms. The molecular weight excluding hydrogens is 560 g/mol. The number of nitrogens with zero attached hydrogens (tertiary/aromatic N) is 4. The average Bonchev–Trinajstić information content (AvgIpc) is 3.02. The first-order chi connectivity index (χ1) is 20.6. The predicted molar refractivity (Wildman–Crippen MR) is 174 cm³/mol. The highest BCUT2D eigenvalue weighted by Crippen LogP contribution is 2.32. The van der Waals surface area contributed by atoms with Gasteiger partial charge in [0.2, 0.25) is 10.0 Å². The summed E-state index contributed by atoms with van der Waals surface area (Å²) in [4.78, 5) is 22.6. The van der Waals surface area contributed by atoms with Crippen molar-refractivity contribution >= 4 is 39.2 Å². The molecule has 3 aromatic carbocycles. The Morgan fingerprint density at radius 3 is 2.14 bits per heavy atom. The van der Waals surface area contributed by atoms with Crippen molar-refractivity contribution in [3.63, 3.8) is 0 Å². The quantitative estimate of drug-likeness (QED) is 0.370. The number of carbonyl (C=O) groups is 1. The number of nitrogens with two attached hydrogens (primary N) is 1. The molecule has 0 spiro atoms. The number of carbonyl (C=O) groups excluding carboxylic acids is 1. The Hall–Kier alpha value is -3.89. The third-order valence-corrected chi connectivity index (χ3v) is 9.80. The molecule has 1 amide bonds. The molecular formula is C33H42N6O3S. The number of amides is 1. The fourth-order valence-electron chi connectivity index (χ4n) is 6.60. The van der Waals surface area contributed by atoms with Crippen LogP contribution in [-0.2, 0) is 10.0 Å².